The Kier molecular flexibility index (Phi) is 3.64. The fourth-order valence-electron chi connectivity index (χ4n) is 3.13. The van der Waals surface area contributed by atoms with Crippen LogP contribution in [0.3, 0.4) is 0 Å². The highest BCUT2D eigenvalue weighted by molar-refractivity contribution is 5.09. The predicted molar refractivity (Wildman–Crippen MR) is 61.5 cm³/mol. The molecule has 0 spiro atoms. The molecular weight excluding hydrogens is 184 g/mol. The quantitative estimate of drug-likeness (QED) is 0.659. The standard InChI is InChI=1S/C13H22N2/c14-12-13(8-4-3-5-9-13)15-10-6-1-2-7-11-15/h1-11H2. The van der Waals surface area contributed by atoms with Crippen LogP contribution in [0.25, 0.3) is 0 Å². The number of nitrogens with zero attached hydrogens (tertiary/aromatic N) is 2. The summed E-state index contributed by atoms with van der Waals surface area (Å²) in [5, 5.41) is 9.49. The SMILES string of the molecule is N#CC1(N2CCCCCC2)CCCCC1. The Hall–Kier alpha value is -0.550. The number of nitriles is 1. The molecule has 1 heterocycles. The van der Waals surface area contributed by atoms with Gasteiger partial charge in [-0.2, -0.15) is 5.26 Å². The Morgan fingerprint density at radius 2 is 1.33 bits per heavy atom. The average molecular weight is 206 g/mol. The van der Waals surface area contributed by atoms with E-state index in [1.165, 1.54) is 44.9 Å². The van der Waals surface area contributed by atoms with Crippen molar-refractivity contribution in [3.63, 3.8) is 0 Å². The van der Waals surface area contributed by atoms with Crippen LogP contribution in [0.4, 0.5) is 0 Å². The van der Waals surface area contributed by atoms with Gasteiger partial charge in [-0.05, 0) is 38.8 Å². The van der Waals surface area contributed by atoms with Gasteiger partial charge in [-0.3, -0.25) is 4.90 Å². The van der Waals surface area contributed by atoms with Gasteiger partial charge < -0.3 is 0 Å². The van der Waals surface area contributed by atoms with E-state index in [1.807, 2.05) is 0 Å². The molecule has 2 fully saturated rings. The Morgan fingerprint density at radius 3 is 1.87 bits per heavy atom. The van der Waals surface area contributed by atoms with E-state index in [0.717, 1.165) is 25.9 Å². The first-order valence-corrected chi connectivity index (χ1v) is 6.54. The monoisotopic (exact) mass is 206 g/mol. The molecule has 0 bridgehead atoms. The lowest BCUT2D eigenvalue weighted by molar-refractivity contribution is 0.102. The average Bonchev–Trinajstić information content (AvgIpc) is 2.59. The zero-order valence-electron chi connectivity index (χ0n) is 9.67. The van der Waals surface area contributed by atoms with E-state index < -0.39 is 0 Å². The first kappa shape index (κ1) is 11.0. The number of hydrogen-bond acceptors (Lipinski definition) is 2. The van der Waals surface area contributed by atoms with Gasteiger partial charge >= 0.3 is 0 Å². The third-order valence-electron chi connectivity index (χ3n) is 4.10. The molecule has 2 heteroatoms. The molecule has 1 saturated carbocycles. The van der Waals surface area contributed by atoms with Crippen molar-refractivity contribution >= 4 is 0 Å². The van der Waals surface area contributed by atoms with Crippen LogP contribution in [-0.2, 0) is 0 Å². The van der Waals surface area contributed by atoms with Crippen molar-refractivity contribution < 1.29 is 0 Å². The minimum Gasteiger partial charge on any atom is -0.286 e. The van der Waals surface area contributed by atoms with E-state index in [4.69, 9.17) is 0 Å². The highest BCUT2D eigenvalue weighted by Crippen LogP contribution is 2.34. The van der Waals surface area contributed by atoms with Crippen LogP contribution in [-0.4, -0.2) is 23.5 Å². The van der Waals surface area contributed by atoms with Gasteiger partial charge in [-0.15, -0.1) is 0 Å². The van der Waals surface area contributed by atoms with Crippen molar-refractivity contribution in [2.45, 2.75) is 63.3 Å². The molecule has 0 radical (unpaired) electrons. The number of hydrogen-bond donors (Lipinski definition) is 0. The highest BCUT2D eigenvalue weighted by Gasteiger charge is 2.37. The molecule has 1 aliphatic heterocycles. The fourth-order valence-corrected chi connectivity index (χ4v) is 3.13. The molecular formula is C13H22N2. The van der Waals surface area contributed by atoms with Crippen LogP contribution in [0.1, 0.15) is 57.8 Å². The molecule has 0 aromatic carbocycles. The predicted octanol–water partition coefficient (Wildman–Crippen LogP) is 3.09. The third kappa shape index (κ3) is 2.34. The Bertz CT molecular complexity index is 227. The smallest absolute Gasteiger partial charge is 0.109 e. The van der Waals surface area contributed by atoms with Gasteiger partial charge in [0.15, 0.2) is 0 Å². The number of rotatable bonds is 1. The normalized spacial score (nSPS) is 27.9. The Morgan fingerprint density at radius 1 is 0.800 bits per heavy atom. The molecule has 0 unspecified atom stereocenters. The summed E-state index contributed by atoms with van der Waals surface area (Å²) >= 11 is 0. The Labute approximate surface area is 93.3 Å². The molecule has 1 saturated heterocycles. The van der Waals surface area contributed by atoms with Crippen molar-refractivity contribution in [2.24, 2.45) is 0 Å². The van der Waals surface area contributed by atoms with Gasteiger partial charge in [0.05, 0.1) is 6.07 Å². The second-order valence-electron chi connectivity index (χ2n) is 5.11. The first-order valence-electron chi connectivity index (χ1n) is 6.54. The lowest BCUT2D eigenvalue weighted by atomic mass is 9.81. The lowest BCUT2D eigenvalue weighted by Gasteiger charge is -2.40. The zero-order valence-corrected chi connectivity index (χ0v) is 9.67. The van der Waals surface area contributed by atoms with Crippen molar-refractivity contribution in [2.75, 3.05) is 13.1 Å². The molecule has 0 amide bonds. The minimum absolute atomic E-state index is 0.0808. The second-order valence-corrected chi connectivity index (χ2v) is 5.11. The first-order chi connectivity index (χ1) is 7.37. The van der Waals surface area contributed by atoms with Gasteiger partial charge in [0, 0.05) is 0 Å². The molecule has 84 valence electrons. The molecule has 0 N–H and O–H groups in total. The van der Waals surface area contributed by atoms with Crippen molar-refractivity contribution in [1.29, 1.82) is 5.26 Å². The zero-order chi connectivity index (χ0) is 10.6. The largest absolute Gasteiger partial charge is 0.286 e. The maximum absolute atomic E-state index is 9.49. The number of likely N-dealkylation sites (tertiary alicyclic amines) is 1. The molecule has 0 aromatic rings. The summed E-state index contributed by atoms with van der Waals surface area (Å²) in [5.41, 5.74) is -0.0808. The summed E-state index contributed by atoms with van der Waals surface area (Å²) in [6.07, 6.45) is 11.4. The van der Waals surface area contributed by atoms with Crippen LogP contribution < -0.4 is 0 Å². The van der Waals surface area contributed by atoms with E-state index in [9.17, 15) is 5.26 Å². The molecule has 2 nitrogen and oxygen atoms in total. The van der Waals surface area contributed by atoms with Crippen molar-refractivity contribution in [1.82, 2.24) is 4.90 Å². The molecule has 2 rings (SSSR count). The second kappa shape index (κ2) is 4.99. The van der Waals surface area contributed by atoms with Gasteiger partial charge in [-0.25, -0.2) is 0 Å². The summed E-state index contributed by atoms with van der Waals surface area (Å²) in [4.78, 5) is 2.50. The summed E-state index contributed by atoms with van der Waals surface area (Å²) in [5.74, 6) is 0. The maximum atomic E-state index is 9.49. The van der Waals surface area contributed by atoms with E-state index in [0.29, 0.717) is 0 Å². The minimum atomic E-state index is -0.0808. The summed E-state index contributed by atoms with van der Waals surface area (Å²) in [6, 6.07) is 2.64. The van der Waals surface area contributed by atoms with Gasteiger partial charge in [0.1, 0.15) is 5.54 Å². The molecule has 0 atom stereocenters. The fraction of sp³-hybridized carbons (Fsp3) is 0.923. The van der Waals surface area contributed by atoms with Crippen LogP contribution in [0.2, 0.25) is 0 Å². The molecule has 15 heavy (non-hydrogen) atoms. The van der Waals surface area contributed by atoms with Gasteiger partial charge in [0.25, 0.3) is 0 Å². The van der Waals surface area contributed by atoms with Crippen LogP contribution >= 0.6 is 0 Å². The highest BCUT2D eigenvalue weighted by atomic mass is 15.2. The van der Waals surface area contributed by atoms with E-state index in [2.05, 4.69) is 11.0 Å². The summed E-state index contributed by atoms with van der Waals surface area (Å²) < 4.78 is 0. The van der Waals surface area contributed by atoms with Crippen LogP contribution in [0.15, 0.2) is 0 Å². The van der Waals surface area contributed by atoms with E-state index in [-0.39, 0.29) is 5.54 Å². The van der Waals surface area contributed by atoms with Crippen LogP contribution in [0.5, 0.6) is 0 Å². The van der Waals surface area contributed by atoms with E-state index >= 15 is 0 Å². The molecule has 0 aromatic heterocycles. The van der Waals surface area contributed by atoms with Gasteiger partial charge in [0.2, 0.25) is 0 Å². The van der Waals surface area contributed by atoms with Crippen molar-refractivity contribution in [3.8, 4) is 6.07 Å². The van der Waals surface area contributed by atoms with Crippen LogP contribution in [0, 0.1) is 11.3 Å². The Balaban J connectivity index is 2.06. The summed E-state index contributed by atoms with van der Waals surface area (Å²) in [6.45, 7) is 2.32. The third-order valence-corrected chi connectivity index (χ3v) is 4.10. The van der Waals surface area contributed by atoms with E-state index in [1.54, 1.807) is 0 Å². The lowest BCUT2D eigenvalue weighted by Crippen LogP contribution is -2.49. The maximum Gasteiger partial charge on any atom is 0.109 e. The molecule has 1 aliphatic carbocycles. The topological polar surface area (TPSA) is 27.0 Å². The summed E-state index contributed by atoms with van der Waals surface area (Å²) in [7, 11) is 0. The van der Waals surface area contributed by atoms with Crippen molar-refractivity contribution in [3.05, 3.63) is 0 Å². The van der Waals surface area contributed by atoms with Gasteiger partial charge in [-0.1, -0.05) is 32.1 Å². The molecule has 2 aliphatic rings.